The van der Waals surface area contributed by atoms with Crippen LogP contribution >= 0.6 is 11.3 Å². The lowest BCUT2D eigenvalue weighted by Gasteiger charge is -2.08. The van der Waals surface area contributed by atoms with E-state index < -0.39 is 5.97 Å². The zero-order valence-electron chi connectivity index (χ0n) is 13.4. The van der Waals surface area contributed by atoms with E-state index in [1.807, 2.05) is 30.3 Å². The lowest BCUT2D eigenvalue weighted by molar-refractivity contribution is 0.0602. The van der Waals surface area contributed by atoms with Crippen LogP contribution in [0.4, 0.5) is 5.00 Å². The standard InChI is InChI=1S/C19H15NO4S/c1-23-19(22)16-10-11-25-18(16)20-17(21)13-6-5-9-15(12-13)24-14-7-3-2-4-8-14/h2-12H,1H3,(H,20,21). The molecule has 0 aliphatic rings. The van der Waals surface area contributed by atoms with Crippen molar-refractivity contribution in [2.75, 3.05) is 12.4 Å². The number of esters is 1. The van der Waals surface area contributed by atoms with Crippen molar-refractivity contribution in [3.05, 3.63) is 77.2 Å². The predicted octanol–water partition coefficient (Wildman–Crippen LogP) is 4.58. The van der Waals surface area contributed by atoms with Gasteiger partial charge in [-0.2, -0.15) is 0 Å². The van der Waals surface area contributed by atoms with Crippen LogP contribution in [0.15, 0.2) is 66.0 Å². The number of benzene rings is 2. The minimum Gasteiger partial charge on any atom is -0.465 e. The van der Waals surface area contributed by atoms with Gasteiger partial charge in [0.1, 0.15) is 16.5 Å². The third-order valence-electron chi connectivity index (χ3n) is 3.37. The van der Waals surface area contributed by atoms with Gasteiger partial charge in [0.15, 0.2) is 0 Å². The summed E-state index contributed by atoms with van der Waals surface area (Å²) in [6, 6.07) is 17.8. The first-order valence-electron chi connectivity index (χ1n) is 7.47. The molecule has 0 aliphatic carbocycles. The quantitative estimate of drug-likeness (QED) is 0.682. The van der Waals surface area contributed by atoms with Crippen molar-refractivity contribution in [1.82, 2.24) is 0 Å². The third kappa shape index (κ3) is 4.05. The van der Waals surface area contributed by atoms with Gasteiger partial charge in [-0.05, 0) is 41.8 Å². The number of carbonyl (C=O) groups excluding carboxylic acids is 2. The maximum Gasteiger partial charge on any atom is 0.340 e. The van der Waals surface area contributed by atoms with E-state index in [-0.39, 0.29) is 5.91 Å². The molecule has 0 radical (unpaired) electrons. The maximum atomic E-state index is 12.5. The second kappa shape index (κ2) is 7.63. The molecule has 25 heavy (non-hydrogen) atoms. The Balaban J connectivity index is 1.76. The highest BCUT2D eigenvalue weighted by molar-refractivity contribution is 7.14. The Labute approximate surface area is 148 Å². The van der Waals surface area contributed by atoms with E-state index in [0.29, 0.717) is 27.6 Å². The SMILES string of the molecule is COC(=O)c1ccsc1NC(=O)c1cccc(Oc2ccccc2)c1. The molecule has 6 heteroatoms. The van der Waals surface area contributed by atoms with Crippen LogP contribution in [-0.4, -0.2) is 19.0 Å². The first kappa shape index (κ1) is 16.7. The fourth-order valence-corrected chi connectivity index (χ4v) is 2.95. The van der Waals surface area contributed by atoms with Crippen LogP contribution in [0.5, 0.6) is 11.5 Å². The van der Waals surface area contributed by atoms with E-state index >= 15 is 0 Å². The zero-order valence-corrected chi connectivity index (χ0v) is 14.2. The summed E-state index contributed by atoms with van der Waals surface area (Å²) in [5.74, 6) is 0.424. The molecule has 2 aromatic carbocycles. The second-order valence-corrected chi connectivity index (χ2v) is 5.97. The first-order valence-corrected chi connectivity index (χ1v) is 8.35. The fourth-order valence-electron chi connectivity index (χ4n) is 2.18. The Hall–Kier alpha value is -3.12. The van der Waals surface area contributed by atoms with Crippen LogP contribution in [0.25, 0.3) is 0 Å². The number of hydrogen-bond donors (Lipinski definition) is 1. The molecule has 0 atom stereocenters. The van der Waals surface area contributed by atoms with Crippen molar-refractivity contribution in [1.29, 1.82) is 0 Å². The molecule has 1 amide bonds. The number of carbonyl (C=O) groups is 2. The number of hydrogen-bond acceptors (Lipinski definition) is 5. The summed E-state index contributed by atoms with van der Waals surface area (Å²) >= 11 is 1.26. The van der Waals surface area contributed by atoms with Crippen molar-refractivity contribution in [2.45, 2.75) is 0 Å². The van der Waals surface area contributed by atoms with Gasteiger partial charge in [0, 0.05) is 5.56 Å². The molecule has 3 rings (SSSR count). The van der Waals surface area contributed by atoms with Crippen LogP contribution in [0.2, 0.25) is 0 Å². The van der Waals surface area contributed by atoms with Crippen molar-refractivity contribution in [3.63, 3.8) is 0 Å². The minimum absolute atomic E-state index is 0.328. The highest BCUT2D eigenvalue weighted by atomic mass is 32.1. The van der Waals surface area contributed by atoms with Crippen LogP contribution in [0.1, 0.15) is 20.7 Å². The number of anilines is 1. The molecule has 0 unspecified atom stereocenters. The normalized spacial score (nSPS) is 10.1. The molecule has 1 N–H and O–H groups in total. The molecule has 0 saturated carbocycles. The molecule has 0 saturated heterocycles. The van der Waals surface area contributed by atoms with Gasteiger partial charge in [-0.3, -0.25) is 4.79 Å². The molecule has 3 aromatic rings. The molecular weight excluding hydrogens is 338 g/mol. The van der Waals surface area contributed by atoms with Gasteiger partial charge in [0.2, 0.25) is 0 Å². The number of amides is 1. The van der Waals surface area contributed by atoms with Crippen molar-refractivity contribution in [3.8, 4) is 11.5 Å². The summed E-state index contributed by atoms with van der Waals surface area (Å²) in [6.45, 7) is 0. The topological polar surface area (TPSA) is 64.6 Å². The van der Waals surface area contributed by atoms with Gasteiger partial charge in [-0.25, -0.2) is 4.79 Å². The number of methoxy groups -OCH3 is 1. The Bertz CT molecular complexity index is 889. The minimum atomic E-state index is -0.488. The number of thiophene rings is 1. The third-order valence-corrected chi connectivity index (χ3v) is 4.20. The van der Waals surface area contributed by atoms with Crippen LogP contribution in [0, 0.1) is 0 Å². The zero-order chi connectivity index (χ0) is 17.6. The van der Waals surface area contributed by atoms with Crippen molar-refractivity contribution < 1.29 is 19.1 Å². The largest absolute Gasteiger partial charge is 0.465 e. The number of para-hydroxylation sites is 1. The van der Waals surface area contributed by atoms with Gasteiger partial charge in [0.25, 0.3) is 5.91 Å². The maximum absolute atomic E-state index is 12.5. The fraction of sp³-hybridized carbons (Fsp3) is 0.0526. The summed E-state index contributed by atoms with van der Waals surface area (Å²) in [7, 11) is 1.30. The summed E-state index contributed by atoms with van der Waals surface area (Å²) in [5, 5.41) is 4.91. The molecule has 1 heterocycles. The van der Waals surface area contributed by atoms with Crippen LogP contribution < -0.4 is 10.1 Å². The summed E-state index contributed by atoms with van der Waals surface area (Å²) in [6.07, 6.45) is 0. The first-order chi connectivity index (χ1) is 12.2. The van der Waals surface area contributed by atoms with E-state index in [1.54, 1.807) is 35.7 Å². The number of nitrogens with one attached hydrogen (secondary N) is 1. The molecular formula is C19H15NO4S. The van der Waals surface area contributed by atoms with Crippen molar-refractivity contribution >= 4 is 28.2 Å². The molecule has 0 bridgehead atoms. The molecule has 126 valence electrons. The summed E-state index contributed by atoms with van der Waals surface area (Å²) < 4.78 is 10.4. The highest BCUT2D eigenvalue weighted by Crippen LogP contribution is 2.26. The van der Waals surface area contributed by atoms with E-state index in [2.05, 4.69) is 5.32 Å². The summed E-state index contributed by atoms with van der Waals surface area (Å²) in [5.41, 5.74) is 0.759. The van der Waals surface area contributed by atoms with E-state index in [0.717, 1.165) is 0 Å². The molecule has 0 spiro atoms. The molecule has 0 fully saturated rings. The van der Waals surface area contributed by atoms with Gasteiger partial charge >= 0.3 is 5.97 Å². The highest BCUT2D eigenvalue weighted by Gasteiger charge is 2.16. The molecule has 5 nitrogen and oxygen atoms in total. The summed E-state index contributed by atoms with van der Waals surface area (Å²) in [4.78, 5) is 24.2. The van der Waals surface area contributed by atoms with E-state index in [4.69, 9.17) is 9.47 Å². The Morgan fingerprint density at radius 1 is 0.960 bits per heavy atom. The second-order valence-electron chi connectivity index (χ2n) is 5.05. The average Bonchev–Trinajstić information content (AvgIpc) is 3.10. The predicted molar refractivity (Wildman–Crippen MR) is 96.6 cm³/mol. The Kier molecular flexibility index (Phi) is 5.11. The molecule has 1 aromatic heterocycles. The van der Waals surface area contributed by atoms with Crippen LogP contribution in [0.3, 0.4) is 0 Å². The lowest BCUT2D eigenvalue weighted by atomic mass is 10.2. The van der Waals surface area contributed by atoms with Crippen molar-refractivity contribution in [2.24, 2.45) is 0 Å². The average molecular weight is 353 g/mol. The Morgan fingerprint density at radius 3 is 2.48 bits per heavy atom. The smallest absolute Gasteiger partial charge is 0.340 e. The van der Waals surface area contributed by atoms with E-state index in [9.17, 15) is 9.59 Å². The van der Waals surface area contributed by atoms with E-state index in [1.165, 1.54) is 18.4 Å². The van der Waals surface area contributed by atoms with Gasteiger partial charge in [-0.1, -0.05) is 24.3 Å². The number of ether oxygens (including phenoxy) is 2. The Morgan fingerprint density at radius 2 is 1.72 bits per heavy atom. The lowest BCUT2D eigenvalue weighted by Crippen LogP contribution is -2.13. The van der Waals surface area contributed by atoms with Crippen LogP contribution in [-0.2, 0) is 4.74 Å². The van der Waals surface area contributed by atoms with Gasteiger partial charge in [-0.15, -0.1) is 11.3 Å². The monoisotopic (exact) mass is 353 g/mol. The number of rotatable bonds is 5. The molecule has 0 aliphatic heterocycles. The van der Waals surface area contributed by atoms with Gasteiger partial charge < -0.3 is 14.8 Å². The van der Waals surface area contributed by atoms with Gasteiger partial charge in [0.05, 0.1) is 12.7 Å².